The molecule has 0 bridgehead atoms. The molecule has 0 spiro atoms. The van der Waals surface area contributed by atoms with E-state index < -0.39 is 12.1 Å². The summed E-state index contributed by atoms with van der Waals surface area (Å²) in [6, 6.07) is 2.27. The van der Waals surface area contributed by atoms with E-state index >= 15 is 0 Å². The minimum atomic E-state index is -4.20. The molecule has 102 valence electrons. The lowest BCUT2D eigenvalue weighted by atomic mass is 10.1. The van der Waals surface area contributed by atoms with Crippen molar-refractivity contribution in [2.75, 3.05) is 13.1 Å². The second-order valence-corrected chi connectivity index (χ2v) is 5.55. The van der Waals surface area contributed by atoms with Gasteiger partial charge in [0, 0.05) is 25.7 Å². The first-order valence-electron chi connectivity index (χ1n) is 6.02. The Morgan fingerprint density at radius 3 is 2.61 bits per heavy atom. The van der Waals surface area contributed by atoms with Crippen LogP contribution in [0.5, 0.6) is 0 Å². The van der Waals surface area contributed by atoms with Gasteiger partial charge in [-0.1, -0.05) is 0 Å². The molecule has 2 nitrogen and oxygen atoms in total. The highest BCUT2D eigenvalue weighted by molar-refractivity contribution is 7.07. The van der Waals surface area contributed by atoms with E-state index in [2.05, 4.69) is 0 Å². The van der Waals surface area contributed by atoms with E-state index in [-0.39, 0.29) is 13.1 Å². The second-order valence-electron chi connectivity index (χ2n) is 4.77. The van der Waals surface area contributed by atoms with Crippen molar-refractivity contribution in [1.29, 1.82) is 0 Å². The molecular weight excluding hydrogens is 261 g/mol. The lowest BCUT2D eigenvalue weighted by Gasteiger charge is -2.27. The van der Waals surface area contributed by atoms with E-state index in [0.29, 0.717) is 12.6 Å². The van der Waals surface area contributed by atoms with Crippen LogP contribution in [-0.2, 0) is 6.54 Å². The fraction of sp³-hybridized carbons (Fsp3) is 0.667. The van der Waals surface area contributed by atoms with Crippen LogP contribution >= 0.6 is 11.3 Å². The van der Waals surface area contributed by atoms with Gasteiger partial charge in [-0.15, -0.1) is 0 Å². The van der Waals surface area contributed by atoms with Crippen LogP contribution in [0.3, 0.4) is 0 Å². The van der Waals surface area contributed by atoms with E-state index in [1.807, 2.05) is 21.7 Å². The summed E-state index contributed by atoms with van der Waals surface area (Å²) in [6.45, 7) is 0.275. The molecule has 0 aromatic carbocycles. The average molecular weight is 278 g/mol. The maximum atomic E-state index is 12.7. The zero-order valence-corrected chi connectivity index (χ0v) is 10.8. The van der Waals surface area contributed by atoms with Crippen molar-refractivity contribution < 1.29 is 13.2 Å². The number of hydrogen-bond acceptors (Lipinski definition) is 3. The van der Waals surface area contributed by atoms with Gasteiger partial charge in [-0.05, 0) is 35.2 Å². The van der Waals surface area contributed by atoms with Gasteiger partial charge in [0.05, 0.1) is 5.92 Å². The van der Waals surface area contributed by atoms with Gasteiger partial charge < -0.3 is 5.73 Å². The quantitative estimate of drug-likeness (QED) is 0.867. The summed E-state index contributed by atoms with van der Waals surface area (Å²) < 4.78 is 38.2. The average Bonchev–Trinajstić information content (AvgIpc) is 3.01. The monoisotopic (exact) mass is 278 g/mol. The molecule has 1 aliphatic carbocycles. The highest BCUT2D eigenvalue weighted by atomic mass is 32.1. The smallest absolute Gasteiger partial charge is 0.330 e. The lowest BCUT2D eigenvalue weighted by molar-refractivity contribution is -0.177. The summed E-state index contributed by atoms with van der Waals surface area (Å²) >= 11 is 1.57. The summed E-state index contributed by atoms with van der Waals surface area (Å²) in [5, 5.41) is 3.94. The predicted molar refractivity (Wildman–Crippen MR) is 66.4 cm³/mol. The summed E-state index contributed by atoms with van der Waals surface area (Å²) in [5.74, 6) is -1.42. The molecule has 2 rings (SSSR count). The van der Waals surface area contributed by atoms with Crippen molar-refractivity contribution >= 4 is 11.3 Å². The van der Waals surface area contributed by atoms with Gasteiger partial charge in [0.15, 0.2) is 0 Å². The molecule has 1 fully saturated rings. The van der Waals surface area contributed by atoms with Crippen LogP contribution in [0.25, 0.3) is 0 Å². The minimum Gasteiger partial charge on any atom is -0.330 e. The first-order chi connectivity index (χ1) is 8.50. The Hall–Kier alpha value is -0.590. The van der Waals surface area contributed by atoms with Crippen LogP contribution in [0.15, 0.2) is 16.8 Å². The molecule has 1 unspecified atom stereocenters. The molecule has 6 heteroatoms. The fourth-order valence-electron chi connectivity index (χ4n) is 1.99. The fourth-order valence-corrected chi connectivity index (χ4v) is 2.65. The Balaban J connectivity index is 1.97. The Labute approximate surface area is 109 Å². The van der Waals surface area contributed by atoms with Gasteiger partial charge in [0.2, 0.25) is 0 Å². The third kappa shape index (κ3) is 3.70. The number of nitrogens with two attached hydrogens (primary N) is 1. The Kier molecular flexibility index (Phi) is 4.29. The number of rotatable bonds is 6. The highest BCUT2D eigenvalue weighted by Crippen LogP contribution is 2.33. The molecule has 0 aliphatic heterocycles. The van der Waals surface area contributed by atoms with Crippen LogP contribution in [0.1, 0.15) is 18.4 Å². The van der Waals surface area contributed by atoms with Crippen molar-refractivity contribution in [2.24, 2.45) is 11.7 Å². The molecule has 1 heterocycles. The summed E-state index contributed by atoms with van der Waals surface area (Å²) in [7, 11) is 0. The molecule has 0 radical (unpaired) electrons. The predicted octanol–water partition coefficient (Wildman–Crippen LogP) is 2.85. The number of nitrogens with zero attached hydrogens (tertiary/aromatic N) is 1. The van der Waals surface area contributed by atoms with E-state index in [1.54, 1.807) is 11.3 Å². The van der Waals surface area contributed by atoms with Crippen LogP contribution < -0.4 is 5.73 Å². The van der Waals surface area contributed by atoms with E-state index in [0.717, 1.165) is 18.4 Å². The maximum Gasteiger partial charge on any atom is 0.394 e. The van der Waals surface area contributed by atoms with Crippen molar-refractivity contribution in [1.82, 2.24) is 4.90 Å². The summed E-state index contributed by atoms with van der Waals surface area (Å²) in [5.41, 5.74) is 6.34. The van der Waals surface area contributed by atoms with Gasteiger partial charge in [0.1, 0.15) is 0 Å². The molecule has 1 saturated carbocycles. The Morgan fingerprint density at radius 1 is 1.44 bits per heavy atom. The summed E-state index contributed by atoms with van der Waals surface area (Å²) in [6.07, 6.45) is -2.20. The van der Waals surface area contributed by atoms with Gasteiger partial charge in [-0.3, -0.25) is 4.90 Å². The molecule has 1 aromatic heterocycles. The standard InChI is InChI=1S/C12H17F3N2S/c13-12(14,15)10(5-16)7-17(11-1-2-11)6-9-3-4-18-8-9/h3-4,8,10-11H,1-2,5-7,16H2. The number of thiophene rings is 1. The molecule has 1 aliphatic rings. The molecule has 18 heavy (non-hydrogen) atoms. The highest BCUT2D eigenvalue weighted by Gasteiger charge is 2.41. The minimum absolute atomic E-state index is 0.0144. The molecule has 1 atom stereocenters. The van der Waals surface area contributed by atoms with Crippen molar-refractivity contribution in [2.45, 2.75) is 31.6 Å². The van der Waals surface area contributed by atoms with Crippen molar-refractivity contribution in [3.05, 3.63) is 22.4 Å². The van der Waals surface area contributed by atoms with Crippen molar-refractivity contribution in [3.63, 3.8) is 0 Å². The maximum absolute atomic E-state index is 12.7. The van der Waals surface area contributed by atoms with E-state index in [1.165, 1.54) is 0 Å². The molecule has 0 saturated heterocycles. The zero-order chi connectivity index (χ0) is 13.2. The SMILES string of the molecule is NCC(CN(Cc1ccsc1)C1CC1)C(F)(F)F. The topological polar surface area (TPSA) is 29.3 Å². The second kappa shape index (κ2) is 5.59. The Morgan fingerprint density at radius 2 is 2.17 bits per heavy atom. The van der Waals surface area contributed by atoms with Gasteiger partial charge >= 0.3 is 6.18 Å². The number of hydrogen-bond donors (Lipinski definition) is 1. The molecular formula is C12H17F3N2S. The third-order valence-corrected chi connectivity index (χ3v) is 3.96. The zero-order valence-electron chi connectivity index (χ0n) is 9.99. The van der Waals surface area contributed by atoms with Crippen LogP contribution in [0.2, 0.25) is 0 Å². The van der Waals surface area contributed by atoms with Gasteiger partial charge in [-0.2, -0.15) is 24.5 Å². The number of halogens is 3. The normalized spacial score (nSPS) is 18.3. The van der Waals surface area contributed by atoms with Gasteiger partial charge in [-0.25, -0.2) is 0 Å². The molecule has 2 N–H and O–H groups in total. The van der Waals surface area contributed by atoms with Crippen LogP contribution in [0.4, 0.5) is 13.2 Å². The summed E-state index contributed by atoms with van der Waals surface area (Å²) in [4.78, 5) is 1.92. The third-order valence-electron chi connectivity index (χ3n) is 3.23. The first kappa shape index (κ1) is 13.8. The Bertz CT molecular complexity index is 360. The van der Waals surface area contributed by atoms with Crippen LogP contribution in [-0.4, -0.2) is 30.2 Å². The number of alkyl halides is 3. The van der Waals surface area contributed by atoms with E-state index in [4.69, 9.17) is 5.73 Å². The van der Waals surface area contributed by atoms with Gasteiger partial charge in [0.25, 0.3) is 0 Å². The van der Waals surface area contributed by atoms with E-state index in [9.17, 15) is 13.2 Å². The molecule has 1 aromatic rings. The lowest BCUT2D eigenvalue weighted by Crippen LogP contribution is -2.41. The van der Waals surface area contributed by atoms with Crippen LogP contribution in [0, 0.1) is 5.92 Å². The first-order valence-corrected chi connectivity index (χ1v) is 6.97. The largest absolute Gasteiger partial charge is 0.394 e. The van der Waals surface area contributed by atoms with Crippen molar-refractivity contribution in [3.8, 4) is 0 Å². The molecule has 0 amide bonds.